The molecule has 0 unspecified atom stereocenters. The van der Waals surface area contributed by atoms with Gasteiger partial charge in [0.05, 0.1) is 18.0 Å². The molecule has 0 radical (unpaired) electrons. The highest BCUT2D eigenvalue weighted by Crippen LogP contribution is 2.52. The molecule has 23 heavy (non-hydrogen) atoms. The standard InChI is InChI=1S/C18H17N3O2/c1-2-4-13(5-3-1)18(8-9-18)17-20-15(21-23-17)10-14-11-19-16(22-14)12-6-7-12/h1-5,11-12H,6-10H2. The fourth-order valence-electron chi connectivity index (χ4n) is 3.11. The van der Waals surface area contributed by atoms with Crippen LogP contribution < -0.4 is 0 Å². The summed E-state index contributed by atoms with van der Waals surface area (Å²) in [6, 6.07) is 10.4. The van der Waals surface area contributed by atoms with Crippen molar-refractivity contribution in [2.45, 2.75) is 43.4 Å². The van der Waals surface area contributed by atoms with Gasteiger partial charge < -0.3 is 8.94 Å². The molecule has 0 atom stereocenters. The van der Waals surface area contributed by atoms with Gasteiger partial charge in [-0.25, -0.2) is 4.98 Å². The largest absolute Gasteiger partial charge is 0.445 e. The van der Waals surface area contributed by atoms with E-state index in [1.54, 1.807) is 6.20 Å². The monoisotopic (exact) mass is 307 g/mol. The Balaban J connectivity index is 1.38. The molecule has 2 aliphatic carbocycles. The van der Waals surface area contributed by atoms with E-state index in [9.17, 15) is 0 Å². The minimum absolute atomic E-state index is 0.0763. The second kappa shape index (κ2) is 4.78. The van der Waals surface area contributed by atoms with Crippen LogP contribution in [0.25, 0.3) is 0 Å². The lowest BCUT2D eigenvalue weighted by atomic mass is 9.96. The van der Waals surface area contributed by atoms with Gasteiger partial charge in [0, 0.05) is 5.92 Å². The molecular weight excluding hydrogens is 290 g/mol. The van der Waals surface area contributed by atoms with Gasteiger partial charge in [0.15, 0.2) is 11.7 Å². The van der Waals surface area contributed by atoms with Gasteiger partial charge in [-0.2, -0.15) is 4.98 Å². The van der Waals surface area contributed by atoms with Gasteiger partial charge in [0.25, 0.3) is 0 Å². The Morgan fingerprint density at radius 1 is 1.13 bits per heavy atom. The zero-order chi connectivity index (χ0) is 15.3. The molecule has 0 amide bonds. The molecule has 116 valence electrons. The van der Waals surface area contributed by atoms with Crippen molar-refractivity contribution < 1.29 is 8.94 Å². The minimum Gasteiger partial charge on any atom is -0.445 e. The Morgan fingerprint density at radius 3 is 2.70 bits per heavy atom. The van der Waals surface area contributed by atoms with Crippen LogP contribution in [0.4, 0.5) is 0 Å². The van der Waals surface area contributed by atoms with Crippen LogP contribution in [0.2, 0.25) is 0 Å². The van der Waals surface area contributed by atoms with Gasteiger partial charge in [-0.15, -0.1) is 0 Å². The van der Waals surface area contributed by atoms with Crippen LogP contribution >= 0.6 is 0 Å². The highest BCUT2D eigenvalue weighted by atomic mass is 16.5. The number of nitrogens with zero attached hydrogens (tertiary/aromatic N) is 3. The molecule has 0 spiro atoms. The molecule has 2 aliphatic rings. The number of hydrogen-bond donors (Lipinski definition) is 0. The van der Waals surface area contributed by atoms with E-state index in [-0.39, 0.29) is 5.41 Å². The van der Waals surface area contributed by atoms with Crippen LogP contribution in [0.3, 0.4) is 0 Å². The van der Waals surface area contributed by atoms with Crippen LogP contribution in [-0.2, 0) is 11.8 Å². The zero-order valence-electron chi connectivity index (χ0n) is 12.7. The van der Waals surface area contributed by atoms with E-state index >= 15 is 0 Å². The number of aromatic nitrogens is 3. The van der Waals surface area contributed by atoms with E-state index in [1.807, 2.05) is 6.07 Å². The first kappa shape index (κ1) is 13.0. The van der Waals surface area contributed by atoms with Crippen LogP contribution in [0, 0.1) is 0 Å². The molecule has 2 heterocycles. The zero-order valence-corrected chi connectivity index (χ0v) is 12.7. The number of hydrogen-bond acceptors (Lipinski definition) is 5. The number of benzene rings is 1. The summed E-state index contributed by atoms with van der Waals surface area (Å²) in [5.74, 6) is 3.58. The highest BCUT2D eigenvalue weighted by molar-refractivity contribution is 5.38. The van der Waals surface area contributed by atoms with E-state index in [0.29, 0.717) is 18.2 Å². The molecule has 0 saturated heterocycles. The first-order valence-electron chi connectivity index (χ1n) is 8.17. The van der Waals surface area contributed by atoms with Crippen molar-refractivity contribution in [3.63, 3.8) is 0 Å². The average molecular weight is 307 g/mol. The molecule has 5 nitrogen and oxygen atoms in total. The van der Waals surface area contributed by atoms with Crippen LogP contribution in [0.5, 0.6) is 0 Å². The SMILES string of the molecule is c1ccc(C2(c3nc(Cc4cnc(C5CC5)o4)no3)CC2)cc1. The Bertz CT molecular complexity index is 829. The predicted octanol–water partition coefficient (Wildman–Crippen LogP) is 3.61. The summed E-state index contributed by atoms with van der Waals surface area (Å²) in [5, 5.41) is 4.14. The third-order valence-electron chi connectivity index (χ3n) is 4.78. The second-order valence-corrected chi connectivity index (χ2v) is 6.58. The summed E-state index contributed by atoms with van der Waals surface area (Å²) < 4.78 is 11.3. The maximum atomic E-state index is 5.77. The van der Waals surface area contributed by atoms with Gasteiger partial charge in [0.2, 0.25) is 5.89 Å². The topological polar surface area (TPSA) is 65.0 Å². The average Bonchev–Trinajstić information content (AvgIpc) is 3.51. The van der Waals surface area contributed by atoms with E-state index in [1.165, 1.54) is 18.4 Å². The van der Waals surface area contributed by atoms with E-state index in [4.69, 9.17) is 8.94 Å². The Morgan fingerprint density at radius 2 is 1.96 bits per heavy atom. The number of oxazole rings is 1. The van der Waals surface area contributed by atoms with Gasteiger partial charge in [-0.05, 0) is 31.2 Å². The van der Waals surface area contributed by atoms with Gasteiger partial charge >= 0.3 is 0 Å². The molecule has 3 aromatic rings. The summed E-state index contributed by atoms with van der Waals surface area (Å²) in [4.78, 5) is 8.96. The van der Waals surface area contributed by atoms with Crippen molar-refractivity contribution in [2.75, 3.05) is 0 Å². The fourth-order valence-corrected chi connectivity index (χ4v) is 3.11. The molecule has 5 rings (SSSR count). The minimum atomic E-state index is -0.0763. The summed E-state index contributed by atoms with van der Waals surface area (Å²) in [6.45, 7) is 0. The maximum absolute atomic E-state index is 5.77. The summed E-state index contributed by atoms with van der Waals surface area (Å²) in [5.41, 5.74) is 1.18. The van der Waals surface area contributed by atoms with Crippen LogP contribution in [0.15, 0.2) is 45.5 Å². The Hall–Kier alpha value is -2.43. The van der Waals surface area contributed by atoms with E-state index < -0.39 is 0 Å². The third-order valence-corrected chi connectivity index (χ3v) is 4.78. The molecule has 0 bridgehead atoms. The molecule has 2 saturated carbocycles. The lowest BCUT2D eigenvalue weighted by molar-refractivity contribution is 0.355. The summed E-state index contributed by atoms with van der Waals surface area (Å²) >= 11 is 0. The molecule has 5 heteroatoms. The van der Waals surface area contributed by atoms with Crippen LogP contribution in [0.1, 0.15) is 60.5 Å². The lowest BCUT2D eigenvalue weighted by Crippen LogP contribution is -2.09. The summed E-state index contributed by atoms with van der Waals surface area (Å²) in [7, 11) is 0. The maximum Gasteiger partial charge on any atom is 0.237 e. The quantitative estimate of drug-likeness (QED) is 0.720. The normalized spacial score (nSPS) is 19.0. The first-order chi connectivity index (χ1) is 11.3. The van der Waals surface area contributed by atoms with Crippen molar-refractivity contribution in [3.8, 4) is 0 Å². The summed E-state index contributed by atoms with van der Waals surface area (Å²) in [6.07, 6.45) is 6.82. The Labute approximate surface area is 133 Å². The molecule has 2 fully saturated rings. The predicted molar refractivity (Wildman–Crippen MR) is 82.0 cm³/mol. The molecule has 0 aliphatic heterocycles. The molecular formula is C18H17N3O2. The number of rotatable bonds is 5. The van der Waals surface area contributed by atoms with Crippen molar-refractivity contribution in [2.24, 2.45) is 0 Å². The van der Waals surface area contributed by atoms with Crippen molar-refractivity contribution >= 4 is 0 Å². The van der Waals surface area contributed by atoms with Gasteiger partial charge in [-0.1, -0.05) is 35.5 Å². The second-order valence-electron chi connectivity index (χ2n) is 6.58. The molecule has 1 aromatic carbocycles. The Kier molecular flexibility index (Phi) is 2.71. The molecule has 0 N–H and O–H groups in total. The van der Waals surface area contributed by atoms with Gasteiger partial charge in [0.1, 0.15) is 5.76 Å². The lowest BCUT2D eigenvalue weighted by Gasteiger charge is -2.09. The van der Waals surface area contributed by atoms with Crippen molar-refractivity contribution in [3.05, 3.63) is 65.5 Å². The van der Waals surface area contributed by atoms with E-state index in [2.05, 4.69) is 39.4 Å². The van der Waals surface area contributed by atoms with Crippen molar-refractivity contribution in [1.82, 2.24) is 15.1 Å². The highest BCUT2D eigenvalue weighted by Gasteiger charge is 2.50. The fraction of sp³-hybridized carbons (Fsp3) is 0.389. The van der Waals surface area contributed by atoms with Gasteiger partial charge in [-0.3, -0.25) is 0 Å². The third kappa shape index (κ3) is 2.27. The van der Waals surface area contributed by atoms with E-state index in [0.717, 1.165) is 30.4 Å². The molecule has 2 aromatic heterocycles. The first-order valence-corrected chi connectivity index (χ1v) is 8.17. The smallest absolute Gasteiger partial charge is 0.237 e. The van der Waals surface area contributed by atoms with Crippen molar-refractivity contribution in [1.29, 1.82) is 0 Å². The van der Waals surface area contributed by atoms with Crippen LogP contribution in [-0.4, -0.2) is 15.1 Å².